The Bertz CT molecular complexity index is 514. The molecule has 4 nitrogen and oxygen atoms in total. The topological polar surface area (TPSA) is 50.4 Å². The average molecular weight is 330 g/mol. The third-order valence-electron chi connectivity index (χ3n) is 5.40. The van der Waals surface area contributed by atoms with Crippen LogP contribution in [-0.4, -0.2) is 24.2 Å². The van der Waals surface area contributed by atoms with Gasteiger partial charge in [0.15, 0.2) is 0 Å². The van der Waals surface area contributed by atoms with E-state index in [0.29, 0.717) is 18.7 Å². The molecule has 2 N–H and O–H groups in total. The van der Waals surface area contributed by atoms with Crippen LogP contribution < -0.4 is 10.6 Å². The van der Waals surface area contributed by atoms with Crippen LogP contribution in [0.4, 0.5) is 4.79 Å². The molecule has 1 aromatic carbocycles. The standard InChI is InChI=1S/C20H30N2O2/c1-15-6-5-9-17(11-10-15)21-18-12-19(13-18)22-20(23)24-14-16-7-3-2-4-8-16/h2-4,7-8,15,17-19,21H,5-6,9-14H2,1H3,(H,22,23). The molecule has 2 saturated carbocycles. The largest absolute Gasteiger partial charge is 0.445 e. The molecular formula is C20H30N2O2. The Kier molecular flexibility index (Phi) is 6.13. The van der Waals surface area contributed by atoms with E-state index in [1.807, 2.05) is 30.3 Å². The van der Waals surface area contributed by atoms with Crippen LogP contribution in [0.2, 0.25) is 0 Å². The number of carbonyl (C=O) groups excluding carboxylic acids is 1. The maximum atomic E-state index is 11.8. The molecular weight excluding hydrogens is 300 g/mol. The zero-order valence-electron chi connectivity index (χ0n) is 14.7. The van der Waals surface area contributed by atoms with Crippen LogP contribution in [0.3, 0.4) is 0 Å². The first kappa shape index (κ1) is 17.3. The van der Waals surface area contributed by atoms with Gasteiger partial charge in [-0.2, -0.15) is 0 Å². The summed E-state index contributed by atoms with van der Waals surface area (Å²) in [5, 5.41) is 6.76. The van der Waals surface area contributed by atoms with Gasteiger partial charge < -0.3 is 15.4 Å². The highest BCUT2D eigenvalue weighted by atomic mass is 16.5. The van der Waals surface area contributed by atoms with Gasteiger partial charge in [0.1, 0.15) is 6.61 Å². The molecule has 0 radical (unpaired) electrons. The Morgan fingerprint density at radius 1 is 1.04 bits per heavy atom. The van der Waals surface area contributed by atoms with Gasteiger partial charge in [0.25, 0.3) is 0 Å². The summed E-state index contributed by atoms with van der Waals surface area (Å²) in [5.74, 6) is 0.881. The smallest absolute Gasteiger partial charge is 0.407 e. The van der Waals surface area contributed by atoms with Crippen molar-refractivity contribution in [1.82, 2.24) is 10.6 Å². The Balaban J connectivity index is 1.30. The van der Waals surface area contributed by atoms with Crippen molar-refractivity contribution in [2.75, 3.05) is 0 Å². The summed E-state index contributed by atoms with van der Waals surface area (Å²) >= 11 is 0. The molecule has 132 valence electrons. The molecule has 2 aliphatic rings. The van der Waals surface area contributed by atoms with Crippen LogP contribution in [0.1, 0.15) is 57.4 Å². The van der Waals surface area contributed by atoms with Crippen molar-refractivity contribution in [3.05, 3.63) is 35.9 Å². The predicted octanol–water partition coefficient (Wildman–Crippen LogP) is 4.00. The van der Waals surface area contributed by atoms with Gasteiger partial charge in [-0.15, -0.1) is 0 Å². The van der Waals surface area contributed by atoms with Crippen molar-refractivity contribution in [2.24, 2.45) is 5.92 Å². The molecule has 2 aliphatic carbocycles. The van der Waals surface area contributed by atoms with E-state index in [1.54, 1.807) is 0 Å². The van der Waals surface area contributed by atoms with Gasteiger partial charge in [-0.3, -0.25) is 0 Å². The zero-order valence-corrected chi connectivity index (χ0v) is 14.7. The van der Waals surface area contributed by atoms with E-state index in [9.17, 15) is 4.79 Å². The molecule has 0 aliphatic heterocycles. The third-order valence-corrected chi connectivity index (χ3v) is 5.40. The Morgan fingerprint density at radius 2 is 1.83 bits per heavy atom. The highest BCUT2D eigenvalue weighted by Crippen LogP contribution is 2.26. The molecule has 3 rings (SSSR count). The lowest BCUT2D eigenvalue weighted by atomic mass is 9.86. The molecule has 0 saturated heterocycles. The molecule has 2 atom stereocenters. The summed E-state index contributed by atoms with van der Waals surface area (Å²) in [6.07, 6.45) is 8.41. The van der Waals surface area contributed by atoms with Crippen LogP contribution >= 0.6 is 0 Å². The number of carbonyl (C=O) groups is 1. The summed E-state index contributed by atoms with van der Waals surface area (Å²) < 4.78 is 5.28. The number of hydrogen-bond acceptors (Lipinski definition) is 3. The van der Waals surface area contributed by atoms with E-state index in [1.165, 1.54) is 32.1 Å². The molecule has 0 aromatic heterocycles. The summed E-state index contributed by atoms with van der Waals surface area (Å²) in [5.41, 5.74) is 1.02. The fraction of sp³-hybridized carbons (Fsp3) is 0.650. The SMILES string of the molecule is CC1CCCC(NC2CC(NC(=O)OCc3ccccc3)C2)CC1. The van der Waals surface area contributed by atoms with Crippen molar-refractivity contribution >= 4 is 6.09 Å². The molecule has 0 heterocycles. The molecule has 0 spiro atoms. The fourth-order valence-electron chi connectivity index (χ4n) is 3.79. The van der Waals surface area contributed by atoms with Crippen LogP contribution in [0.25, 0.3) is 0 Å². The van der Waals surface area contributed by atoms with Gasteiger partial charge in [-0.1, -0.05) is 50.1 Å². The molecule has 24 heavy (non-hydrogen) atoms. The average Bonchev–Trinajstić information content (AvgIpc) is 2.76. The van der Waals surface area contributed by atoms with Crippen molar-refractivity contribution in [2.45, 2.75) is 76.6 Å². The van der Waals surface area contributed by atoms with Gasteiger partial charge in [-0.25, -0.2) is 4.79 Å². The lowest BCUT2D eigenvalue weighted by Crippen LogP contribution is -2.54. The second-order valence-corrected chi connectivity index (χ2v) is 7.55. The highest BCUT2D eigenvalue weighted by Gasteiger charge is 2.32. The minimum absolute atomic E-state index is 0.260. The molecule has 2 fully saturated rings. The Labute approximate surface area is 145 Å². The van der Waals surface area contributed by atoms with Crippen LogP contribution in [0.15, 0.2) is 30.3 Å². The first-order valence-corrected chi connectivity index (χ1v) is 9.42. The van der Waals surface area contributed by atoms with Crippen molar-refractivity contribution < 1.29 is 9.53 Å². The zero-order chi connectivity index (χ0) is 16.8. The predicted molar refractivity (Wildman–Crippen MR) is 95.7 cm³/mol. The van der Waals surface area contributed by atoms with Gasteiger partial charge in [0, 0.05) is 18.1 Å². The van der Waals surface area contributed by atoms with Crippen LogP contribution in [-0.2, 0) is 11.3 Å². The first-order valence-electron chi connectivity index (χ1n) is 9.42. The number of hydrogen-bond donors (Lipinski definition) is 2. The lowest BCUT2D eigenvalue weighted by Gasteiger charge is -2.38. The van der Waals surface area contributed by atoms with Crippen LogP contribution in [0, 0.1) is 5.92 Å². The van der Waals surface area contributed by atoms with E-state index in [4.69, 9.17) is 4.74 Å². The summed E-state index contributed by atoms with van der Waals surface area (Å²) in [6.45, 7) is 2.70. The number of ether oxygens (including phenoxy) is 1. The van der Waals surface area contributed by atoms with E-state index < -0.39 is 0 Å². The van der Waals surface area contributed by atoms with Gasteiger partial charge in [-0.05, 0) is 43.6 Å². The monoisotopic (exact) mass is 330 g/mol. The van der Waals surface area contributed by atoms with E-state index >= 15 is 0 Å². The molecule has 4 heteroatoms. The normalized spacial score (nSPS) is 30.0. The van der Waals surface area contributed by atoms with Gasteiger partial charge >= 0.3 is 6.09 Å². The first-order chi connectivity index (χ1) is 11.7. The Morgan fingerprint density at radius 3 is 2.62 bits per heavy atom. The van der Waals surface area contributed by atoms with Crippen molar-refractivity contribution in [1.29, 1.82) is 0 Å². The maximum absolute atomic E-state index is 11.8. The third kappa shape index (κ3) is 5.23. The van der Waals surface area contributed by atoms with E-state index in [2.05, 4.69) is 17.6 Å². The number of amides is 1. The van der Waals surface area contributed by atoms with Crippen LogP contribution in [0.5, 0.6) is 0 Å². The van der Waals surface area contributed by atoms with Crippen molar-refractivity contribution in [3.63, 3.8) is 0 Å². The number of nitrogens with one attached hydrogen (secondary N) is 2. The van der Waals surface area contributed by atoms with Gasteiger partial charge in [0.2, 0.25) is 0 Å². The number of alkyl carbamates (subject to hydrolysis) is 1. The number of benzene rings is 1. The molecule has 1 aromatic rings. The Hall–Kier alpha value is -1.55. The fourth-order valence-corrected chi connectivity index (χ4v) is 3.79. The maximum Gasteiger partial charge on any atom is 0.407 e. The second kappa shape index (κ2) is 8.52. The number of rotatable bonds is 5. The molecule has 1 amide bonds. The molecule has 2 unspecified atom stereocenters. The molecule has 0 bridgehead atoms. The minimum Gasteiger partial charge on any atom is -0.445 e. The van der Waals surface area contributed by atoms with E-state index in [0.717, 1.165) is 24.3 Å². The lowest BCUT2D eigenvalue weighted by molar-refractivity contribution is 0.124. The minimum atomic E-state index is -0.300. The quantitative estimate of drug-likeness (QED) is 0.802. The van der Waals surface area contributed by atoms with Crippen molar-refractivity contribution in [3.8, 4) is 0 Å². The summed E-state index contributed by atoms with van der Waals surface area (Å²) in [4.78, 5) is 11.8. The second-order valence-electron chi connectivity index (χ2n) is 7.55. The van der Waals surface area contributed by atoms with E-state index in [-0.39, 0.29) is 12.1 Å². The highest BCUT2D eigenvalue weighted by molar-refractivity contribution is 5.67. The summed E-state index contributed by atoms with van der Waals surface area (Å²) in [7, 11) is 0. The summed E-state index contributed by atoms with van der Waals surface area (Å²) in [6, 6.07) is 11.3. The van der Waals surface area contributed by atoms with Gasteiger partial charge in [0.05, 0.1) is 0 Å².